The van der Waals surface area contributed by atoms with Gasteiger partial charge in [0.05, 0.1) is 11.9 Å². The molecule has 0 saturated carbocycles. The number of benzene rings is 2. The summed E-state index contributed by atoms with van der Waals surface area (Å²) in [7, 11) is 0. The maximum Gasteiger partial charge on any atom is 0.0645 e. The van der Waals surface area contributed by atoms with Crippen molar-refractivity contribution >= 4 is 17.3 Å². The number of nitrogen functional groups attached to an aromatic ring is 1. The van der Waals surface area contributed by atoms with E-state index in [-0.39, 0.29) is 0 Å². The van der Waals surface area contributed by atoms with Gasteiger partial charge in [-0.15, -0.1) is 0 Å². The molecule has 1 aromatic heterocycles. The van der Waals surface area contributed by atoms with Crippen LogP contribution in [0.25, 0.3) is 16.8 Å². The first-order chi connectivity index (χ1) is 9.24. The molecule has 19 heavy (non-hydrogen) atoms. The highest BCUT2D eigenvalue weighted by Crippen LogP contribution is 2.28. The normalized spacial score (nSPS) is 10.6. The summed E-state index contributed by atoms with van der Waals surface area (Å²) in [5.74, 6) is 0. The number of para-hydroxylation sites is 1. The fourth-order valence-electron chi connectivity index (χ4n) is 1.96. The Balaban J connectivity index is 2.04. The summed E-state index contributed by atoms with van der Waals surface area (Å²) >= 11 is 6.01. The second-order valence-electron chi connectivity index (χ2n) is 4.24. The van der Waals surface area contributed by atoms with Crippen LogP contribution in [0.15, 0.2) is 60.9 Å². The third-order valence-corrected chi connectivity index (χ3v) is 3.16. The van der Waals surface area contributed by atoms with Gasteiger partial charge < -0.3 is 5.73 Å². The highest BCUT2D eigenvalue weighted by molar-refractivity contribution is 6.31. The number of aromatic nitrogens is 2. The number of nitrogens with two attached hydrogens (primary N) is 1. The molecule has 2 aromatic carbocycles. The molecule has 0 aliphatic rings. The Morgan fingerprint density at radius 3 is 2.63 bits per heavy atom. The van der Waals surface area contributed by atoms with Gasteiger partial charge in [0.1, 0.15) is 0 Å². The Morgan fingerprint density at radius 2 is 1.84 bits per heavy atom. The van der Waals surface area contributed by atoms with Crippen LogP contribution in [0.1, 0.15) is 0 Å². The van der Waals surface area contributed by atoms with E-state index >= 15 is 0 Å². The van der Waals surface area contributed by atoms with E-state index in [1.165, 1.54) is 0 Å². The van der Waals surface area contributed by atoms with E-state index in [1.54, 1.807) is 18.3 Å². The molecule has 2 N–H and O–H groups in total. The van der Waals surface area contributed by atoms with Crippen molar-refractivity contribution in [3.8, 4) is 16.8 Å². The van der Waals surface area contributed by atoms with Gasteiger partial charge in [0, 0.05) is 28.0 Å². The smallest absolute Gasteiger partial charge is 0.0645 e. The number of hydrogen-bond donors (Lipinski definition) is 1. The summed E-state index contributed by atoms with van der Waals surface area (Å²) in [6.45, 7) is 0. The Morgan fingerprint density at radius 1 is 1.05 bits per heavy atom. The van der Waals surface area contributed by atoms with Crippen molar-refractivity contribution in [2.75, 3.05) is 5.73 Å². The molecule has 0 amide bonds. The standard InChI is InChI=1S/C15H12ClN3/c16-12-6-7-15(17)14(8-12)11-9-18-19(10-11)13-4-2-1-3-5-13/h1-10H,17H2. The summed E-state index contributed by atoms with van der Waals surface area (Å²) in [6.07, 6.45) is 3.73. The maximum absolute atomic E-state index is 6.01. The first-order valence-electron chi connectivity index (χ1n) is 5.89. The highest BCUT2D eigenvalue weighted by atomic mass is 35.5. The van der Waals surface area contributed by atoms with Gasteiger partial charge in [-0.2, -0.15) is 5.10 Å². The average molecular weight is 270 g/mol. The molecule has 1 heterocycles. The molecule has 3 nitrogen and oxygen atoms in total. The van der Waals surface area contributed by atoms with Crippen LogP contribution in [0, 0.1) is 0 Å². The van der Waals surface area contributed by atoms with Crippen molar-refractivity contribution in [3.63, 3.8) is 0 Å². The van der Waals surface area contributed by atoms with Gasteiger partial charge >= 0.3 is 0 Å². The predicted octanol–water partition coefficient (Wildman–Crippen LogP) is 3.77. The zero-order chi connectivity index (χ0) is 13.2. The van der Waals surface area contributed by atoms with Crippen molar-refractivity contribution in [1.29, 1.82) is 0 Å². The van der Waals surface area contributed by atoms with E-state index < -0.39 is 0 Å². The van der Waals surface area contributed by atoms with Gasteiger partial charge in [-0.25, -0.2) is 4.68 Å². The average Bonchev–Trinajstić information content (AvgIpc) is 2.92. The van der Waals surface area contributed by atoms with E-state index in [2.05, 4.69) is 5.10 Å². The SMILES string of the molecule is Nc1ccc(Cl)cc1-c1cnn(-c2ccccc2)c1. The monoisotopic (exact) mass is 269 g/mol. The Bertz CT molecular complexity index is 704. The van der Waals surface area contributed by atoms with Crippen LogP contribution in [0.4, 0.5) is 5.69 Å². The molecule has 94 valence electrons. The summed E-state index contributed by atoms with van der Waals surface area (Å²) in [6, 6.07) is 15.4. The molecular weight excluding hydrogens is 258 g/mol. The largest absolute Gasteiger partial charge is 0.398 e. The molecule has 3 aromatic rings. The molecule has 0 aliphatic heterocycles. The zero-order valence-corrected chi connectivity index (χ0v) is 10.9. The third-order valence-electron chi connectivity index (χ3n) is 2.93. The van der Waals surface area contributed by atoms with Gasteiger partial charge in [0.25, 0.3) is 0 Å². The first kappa shape index (κ1) is 11.8. The van der Waals surface area contributed by atoms with E-state index in [0.29, 0.717) is 10.7 Å². The van der Waals surface area contributed by atoms with Gasteiger partial charge in [0.2, 0.25) is 0 Å². The van der Waals surface area contributed by atoms with Crippen molar-refractivity contribution < 1.29 is 0 Å². The van der Waals surface area contributed by atoms with E-state index in [9.17, 15) is 0 Å². The molecule has 0 radical (unpaired) electrons. The number of hydrogen-bond acceptors (Lipinski definition) is 2. The van der Waals surface area contributed by atoms with Crippen LogP contribution in [0.5, 0.6) is 0 Å². The van der Waals surface area contributed by atoms with Crippen LogP contribution < -0.4 is 5.73 Å². The summed E-state index contributed by atoms with van der Waals surface area (Å²) in [5.41, 5.74) is 9.52. The third kappa shape index (κ3) is 2.33. The molecule has 0 bridgehead atoms. The van der Waals surface area contributed by atoms with Gasteiger partial charge in [-0.3, -0.25) is 0 Å². The predicted molar refractivity (Wildman–Crippen MR) is 78.4 cm³/mol. The van der Waals surface area contributed by atoms with Gasteiger partial charge in [0.15, 0.2) is 0 Å². The fourth-order valence-corrected chi connectivity index (χ4v) is 2.13. The van der Waals surface area contributed by atoms with Crippen molar-refractivity contribution in [2.24, 2.45) is 0 Å². The maximum atomic E-state index is 6.01. The topological polar surface area (TPSA) is 43.8 Å². The summed E-state index contributed by atoms with van der Waals surface area (Å²) in [5, 5.41) is 5.02. The van der Waals surface area contributed by atoms with Crippen LogP contribution in [0.2, 0.25) is 5.02 Å². The minimum Gasteiger partial charge on any atom is -0.398 e. The lowest BCUT2D eigenvalue weighted by atomic mass is 10.1. The van der Waals surface area contributed by atoms with Crippen molar-refractivity contribution in [2.45, 2.75) is 0 Å². The second-order valence-corrected chi connectivity index (χ2v) is 4.68. The Hall–Kier alpha value is -2.26. The number of anilines is 1. The van der Waals surface area contributed by atoms with E-state index in [4.69, 9.17) is 17.3 Å². The van der Waals surface area contributed by atoms with Crippen molar-refractivity contribution in [3.05, 3.63) is 65.9 Å². The molecular formula is C15H12ClN3. The highest BCUT2D eigenvalue weighted by Gasteiger charge is 2.07. The van der Waals surface area contributed by atoms with Gasteiger partial charge in [-0.1, -0.05) is 29.8 Å². The lowest BCUT2D eigenvalue weighted by molar-refractivity contribution is 0.881. The molecule has 0 fully saturated rings. The van der Waals surface area contributed by atoms with Crippen LogP contribution in [-0.2, 0) is 0 Å². The minimum atomic E-state index is 0.664. The Kier molecular flexibility index (Phi) is 2.97. The number of halogens is 1. The molecule has 0 saturated heterocycles. The van der Waals surface area contributed by atoms with E-state index in [0.717, 1.165) is 16.8 Å². The minimum absolute atomic E-state index is 0.664. The van der Waals surface area contributed by atoms with E-state index in [1.807, 2.05) is 47.3 Å². The first-order valence-corrected chi connectivity index (χ1v) is 6.27. The van der Waals surface area contributed by atoms with Crippen LogP contribution >= 0.6 is 11.6 Å². The molecule has 0 aliphatic carbocycles. The zero-order valence-electron chi connectivity index (χ0n) is 10.1. The second kappa shape index (κ2) is 4.78. The lowest BCUT2D eigenvalue weighted by Crippen LogP contribution is -1.92. The molecule has 3 rings (SSSR count). The molecule has 0 spiro atoms. The lowest BCUT2D eigenvalue weighted by Gasteiger charge is -2.03. The quantitative estimate of drug-likeness (QED) is 0.720. The van der Waals surface area contributed by atoms with Crippen molar-refractivity contribution in [1.82, 2.24) is 9.78 Å². The molecule has 0 unspecified atom stereocenters. The van der Waals surface area contributed by atoms with Gasteiger partial charge in [-0.05, 0) is 30.3 Å². The summed E-state index contributed by atoms with van der Waals surface area (Å²) in [4.78, 5) is 0. The summed E-state index contributed by atoms with van der Waals surface area (Å²) < 4.78 is 1.82. The van der Waals surface area contributed by atoms with Crippen LogP contribution in [-0.4, -0.2) is 9.78 Å². The van der Waals surface area contributed by atoms with Crippen LogP contribution in [0.3, 0.4) is 0 Å². The molecule has 4 heteroatoms. The number of rotatable bonds is 2. The fraction of sp³-hybridized carbons (Fsp3) is 0. The number of nitrogens with zero attached hydrogens (tertiary/aromatic N) is 2. The molecule has 0 atom stereocenters. The Labute approximate surface area is 116 Å².